The Balaban J connectivity index is 1.69. The topological polar surface area (TPSA) is 75.6 Å². The summed E-state index contributed by atoms with van der Waals surface area (Å²) in [4.78, 5) is 8.66. The molecule has 0 aliphatic heterocycles. The van der Waals surface area contributed by atoms with Crippen LogP contribution in [0.5, 0.6) is 0 Å². The Morgan fingerprint density at radius 3 is 2.26 bits per heavy atom. The molecule has 0 radical (unpaired) electrons. The van der Waals surface area contributed by atoms with Crippen LogP contribution < -0.4 is 5.73 Å². The molecule has 0 aromatic carbocycles. The average molecular weight is 254 g/mol. The normalized spacial score (nSPS) is 39.2. The molecular formula is C15H18N4. The number of nitrogen functional groups attached to an aromatic ring is 1. The molecule has 5 rings (SSSR count). The fourth-order valence-electron chi connectivity index (χ4n) is 5.07. The van der Waals surface area contributed by atoms with Gasteiger partial charge in [0, 0.05) is 5.92 Å². The minimum Gasteiger partial charge on any atom is -0.381 e. The van der Waals surface area contributed by atoms with E-state index >= 15 is 0 Å². The van der Waals surface area contributed by atoms with Crippen LogP contribution in [0.3, 0.4) is 0 Å². The zero-order valence-corrected chi connectivity index (χ0v) is 10.9. The molecule has 4 heteroatoms. The lowest BCUT2D eigenvalue weighted by atomic mass is 9.51. The van der Waals surface area contributed by atoms with E-state index in [2.05, 4.69) is 9.97 Å². The van der Waals surface area contributed by atoms with Crippen molar-refractivity contribution in [2.75, 3.05) is 5.73 Å². The molecule has 0 unspecified atom stereocenters. The summed E-state index contributed by atoms with van der Waals surface area (Å²) in [6.07, 6.45) is 8.69. The highest BCUT2D eigenvalue weighted by Crippen LogP contribution is 2.59. The largest absolute Gasteiger partial charge is 0.381 e. The minimum absolute atomic E-state index is 0.257. The molecule has 0 atom stereocenters. The molecule has 4 bridgehead atoms. The molecule has 0 amide bonds. The average Bonchev–Trinajstić information content (AvgIpc) is 2.37. The van der Waals surface area contributed by atoms with Crippen LogP contribution in [-0.4, -0.2) is 9.97 Å². The number of nitrogens with two attached hydrogens (primary N) is 1. The molecule has 0 saturated heterocycles. The first-order valence-corrected chi connectivity index (χ1v) is 7.27. The van der Waals surface area contributed by atoms with Crippen LogP contribution in [-0.2, 0) is 0 Å². The maximum Gasteiger partial charge on any atom is 0.182 e. The van der Waals surface area contributed by atoms with Gasteiger partial charge in [0.2, 0.25) is 0 Å². The van der Waals surface area contributed by atoms with E-state index < -0.39 is 0 Å². The number of anilines is 1. The summed E-state index contributed by atoms with van der Waals surface area (Å²) in [5, 5.41) is 8.89. The van der Waals surface area contributed by atoms with E-state index in [-0.39, 0.29) is 5.69 Å². The van der Waals surface area contributed by atoms with Gasteiger partial charge in [-0.3, -0.25) is 0 Å². The highest BCUT2D eigenvalue weighted by molar-refractivity contribution is 5.43. The standard InChI is InChI=1S/C15H18N4/c16-6-12-15(17)19-13(7-18-12)14-10-2-8-1-9(4-10)5-11(14)3-8/h7-11,14H,1-5H2,(H2,17,19). The number of aromatic nitrogens is 2. The van der Waals surface area contributed by atoms with Crippen molar-refractivity contribution in [1.82, 2.24) is 9.97 Å². The van der Waals surface area contributed by atoms with Crippen molar-refractivity contribution in [3.8, 4) is 6.07 Å². The third-order valence-corrected chi connectivity index (χ3v) is 5.49. The van der Waals surface area contributed by atoms with Crippen molar-refractivity contribution < 1.29 is 0 Å². The summed E-state index contributed by atoms with van der Waals surface area (Å²) in [6.45, 7) is 0. The van der Waals surface area contributed by atoms with E-state index in [1.54, 1.807) is 6.20 Å². The molecule has 4 saturated carbocycles. The van der Waals surface area contributed by atoms with E-state index in [4.69, 9.17) is 11.0 Å². The van der Waals surface area contributed by atoms with Crippen LogP contribution in [0.15, 0.2) is 6.20 Å². The van der Waals surface area contributed by atoms with Gasteiger partial charge in [0.15, 0.2) is 11.5 Å². The number of nitriles is 1. The first kappa shape index (κ1) is 11.2. The summed E-state index contributed by atoms with van der Waals surface area (Å²) in [5.74, 6) is 4.31. The van der Waals surface area contributed by atoms with Crippen LogP contribution >= 0.6 is 0 Å². The second-order valence-corrected chi connectivity index (χ2v) is 6.60. The quantitative estimate of drug-likeness (QED) is 0.835. The molecule has 4 aliphatic rings. The molecule has 19 heavy (non-hydrogen) atoms. The van der Waals surface area contributed by atoms with E-state index in [9.17, 15) is 0 Å². The van der Waals surface area contributed by atoms with Crippen molar-refractivity contribution in [2.24, 2.45) is 23.7 Å². The predicted octanol–water partition coefficient (Wildman–Crippen LogP) is 2.47. The lowest BCUT2D eigenvalue weighted by Crippen LogP contribution is -2.44. The van der Waals surface area contributed by atoms with Gasteiger partial charge in [0.1, 0.15) is 6.07 Å². The molecule has 98 valence electrons. The molecular weight excluding hydrogens is 236 g/mol. The van der Waals surface area contributed by atoms with Crippen LogP contribution in [0.4, 0.5) is 5.82 Å². The first-order valence-electron chi connectivity index (χ1n) is 7.27. The minimum atomic E-state index is 0.257. The second kappa shape index (κ2) is 3.93. The molecule has 4 aliphatic carbocycles. The van der Waals surface area contributed by atoms with Gasteiger partial charge in [-0.2, -0.15) is 5.26 Å². The Labute approximate surface area is 113 Å². The van der Waals surface area contributed by atoms with Crippen molar-refractivity contribution in [3.05, 3.63) is 17.6 Å². The fourth-order valence-corrected chi connectivity index (χ4v) is 5.07. The summed E-state index contributed by atoms with van der Waals surface area (Å²) in [7, 11) is 0. The maximum atomic E-state index is 8.89. The zero-order valence-electron chi connectivity index (χ0n) is 10.9. The highest BCUT2D eigenvalue weighted by Gasteiger charge is 2.49. The van der Waals surface area contributed by atoms with Crippen molar-refractivity contribution in [1.29, 1.82) is 5.26 Å². The summed E-state index contributed by atoms with van der Waals surface area (Å²) >= 11 is 0. The highest BCUT2D eigenvalue weighted by atomic mass is 14.9. The van der Waals surface area contributed by atoms with Crippen LogP contribution in [0.2, 0.25) is 0 Å². The number of nitrogens with zero attached hydrogens (tertiary/aromatic N) is 3. The lowest BCUT2D eigenvalue weighted by molar-refractivity contribution is -0.00422. The maximum absolute atomic E-state index is 8.89. The van der Waals surface area contributed by atoms with Crippen LogP contribution in [0.1, 0.15) is 49.4 Å². The Bertz CT molecular complexity index is 532. The Hall–Kier alpha value is -1.63. The number of rotatable bonds is 1. The van der Waals surface area contributed by atoms with Gasteiger partial charge >= 0.3 is 0 Å². The second-order valence-electron chi connectivity index (χ2n) is 6.60. The van der Waals surface area contributed by atoms with Gasteiger partial charge in [-0.1, -0.05) is 0 Å². The van der Waals surface area contributed by atoms with Gasteiger partial charge < -0.3 is 5.73 Å². The van der Waals surface area contributed by atoms with E-state index in [1.807, 2.05) is 6.07 Å². The summed E-state index contributed by atoms with van der Waals surface area (Å²) in [5.41, 5.74) is 7.12. The number of hydrogen-bond donors (Lipinski definition) is 1. The van der Waals surface area contributed by atoms with E-state index in [1.165, 1.54) is 32.1 Å². The Kier molecular flexibility index (Phi) is 2.32. The van der Waals surface area contributed by atoms with E-state index in [0.29, 0.717) is 11.7 Å². The molecule has 0 spiro atoms. The van der Waals surface area contributed by atoms with Gasteiger partial charge in [-0.15, -0.1) is 0 Å². The molecule has 1 aromatic heterocycles. The molecule has 4 fully saturated rings. The molecule has 4 nitrogen and oxygen atoms in total. The SMILES string of the molecule is N#Cc1ncc(C2C3CC4CC(C3)CC2C4)nc1N. The van der Waals surface area contributed by atoms with Crippen molar-refractivity contribution in [3.63, 3.8) is 0 Å². The van der Waals surface area contributed by atoms with E-state index in [0.717, 1.165) is 29.4 Å². The Morgan fingerprint density at radius 2 is 1.74 bits per heavy atom. The number of hydrogen-bond acceptors (Lipinski definition) is 4. The molecule has 1 aromatic rings. The Morgan fingerprint density at radius 1 is 1.11 bits per heavy atom. The third-order valence-electron chi connectivity index (χ3n) is 5.49. The van der Waals surface area contributed by atoms with Gasteiger partial charge in [-0.05, 0) is 55.8 Å². The van der Waals surface area contributed by atoms with Crippen molar-refractivity contribution in [2.45, 2.75) is 38.0 Å². The molecule has 1 heterocycles. The van der Waals surface area contributed by atoms with Gasteiger partial charge in [-0.25, -0.2) is 9.97 Å². The summed E-state index contributed by atoms with van der Waals surface area (Å²) < 4.78 is 0. The van der Waals surface area contributed by atoms with Crippen LogP contribution in [0, 0.1) is 35.0 Å². The monoisotopic (exact) mass is 254 g/mol. The zero-order chi connectivity index (χ0) is 13.0. The van der Waals surface area contributed by atoms with Crippen LogP contribution in [0.25, 0.3) is 0 Å². The third kappa shape index (κ3) is 1.64. The molecule has 2 N–H and O–H groups in total. The van der Waals surface area contributed by atoms with Crippen molar-refractivity contribution >= 4 is 5.82 Å². The fraction of sp³-hybridized carbons (Fsp3) is 0.667. The predicted molar refractivity (Wildman–Crippen MR) is 70.9 cm³/mol. The van der Waals surface area contributed by atoms with Gasteiger partial charge in [0.05, 0.1) is 11.9 Å². The van der Waals surface area contributed by atoms with Gasteiger partial charge in [0.25, 0.3) is 0 Å². The first-order chi connectivity index (χ1) is 9.24. The summed E-state index contributed by atoms with van der Waals surface area (Å²) in [6, 6.07) is 1.99. The smallest absolute Gasteiger partial charge is 0.182 e. The lowest BCUT2D eigenvalue weighted by Gasteiger charge is -2.54.